The molecule has 0 unspecified atom stereocenters. The zero-order valence-electron chi connectivity index (χ0n) is 19.2. The van der Waals surface area contributed by atoms with E-state index in [0.717, 1.165) is 29.6 Å². The Kier molecular flexibility index (Phi) is 2.24. The van der Waals surface area contributed by atoms with Crippen LogP contribution in [0.25, 0.3) is 16.9 Å². The van der Waals surface area contributed by atoms with Gasteiger partial charge in [-0.05, 0) is 25.3 Å². The Hall–Kier alpha value is -2.67. The molecule has 130 valence electrons. The molecular weight excluding hydrogens is 318 g/mol. The Morgan fingerprint density at radius 3 is 2.92 bits per heavy atom. The number of aromatic nitrogens is 3. The summed E-state index contributed by atoms with van der Waals surface area (Å²) in [7, 11) is 0. The Labute approximate surface area is 153 Å². The molecule has 1 amide bonds. The Morgan fingerprint density at radius 1 is 1.48 bits per heavy atom. The summed E-state index contributed by atoms with van der Waals surface area (Å²) < 4.78 is 48.6. The number of fused-ring (bicyclic) bond motifs is 1. The molecule has 0 bridgehead atoms. The summed E-state index contributed by atoms with van der Waals surface area (Å²) in [4.78, 5) is 21.0. The minimum absolute atomic E-state index is 0.00389. The second kappa shape index (κ2) is 5.42. The highest BCUT2D eigenvalue weighted by atomic mass is 16.3. The molecule has 1 fully saturated rings. The predicted octanol–water partition coefficient (Wildman–Crippen LogP) is 1.79. The average molecular weight is 345 g/mol. The molecule has 2 atom stereocenters. The number of hydrogen-bond donors (Lipinski definition) is 3. The minimum Gasteiger partial charge on any atom is -0.388 e. The van der Waals surface area contributed by atoms with Gasteiger partial charge in [0.1, 0.15) is 16.9 Å². The van der Waals surface area contributed by atoms with Gasteiger partial charge < -0.3 is 16.6 Å². The Balaban J connectivity index is 2.11. The molecule has 2 aliphatic carbocycles. The van der Waals surface area contributed by atoms with E-state index in [0.29, 0.717) is 5.69 Å². The van der Waals surface area contributed by atoms with Crippen LogP contribution in [-0.2, 0) is 0 Å². The average Bonchev–Trinajstić information content (AvgIpc) is 3.42. The third-order valence-electron chi connectivity index (χ3n) is 4.57. The maximum Gasteiger partial charge on any atom is 0.254 e. The van der Waals surface area contributed by atoms with E-state index in [9.17, 15) is 9.90 Å². The number of aliphatic hydroxyl groups excluding tert-OH is 1. The fraction of sp³-hybridized carbons (Fsp3) is 0.389. The molecule has 25 heavy (non-hydrogen) atoms. The van der Waals surface area contributed by atoms with Crippen LogP contribution in [0.4, 0.5) is 5.82 Å². The van der Waals surface area contributed by atoms with Crippen LogP contribution >= 0.6 is 0 Å². The van der Waals surface area contributed by atoms with Crippen molar-refractivity contribution < 1.29 is 18.1 Å². The van der Waals surface area contributed by atoms with E-state index >= 15 is 0 Å². The quantitative estimate of drug-likeness (QED) is 0.783. The number of primary amides is 1. The van der Waals surface area contributed by atoms with Crippen molar-refractivity contribution in [3.8, 4) is 0 Å². The van der Waals surface area contributed by atoms with E-state index < -0.39 is 31.6 Å². The van der Waals surface area contributed by atoms with Gasteiger partial charge in [-0.2, -0.15) is 0 Å². The summed E-state index contributed by atoms with van der Waals surface area (Å²) in [6.45, 7) is -5.51. The number of anilines is 1. The van der Waals surface area contributed by atoms with Gasteiger partial charge in [0.2, 0.25) is 0 Å². The van der Waals surface area contributed by atoms with Gasteiger partial charge in [0, 0.05) is 25.8 Å². The maximum atomic E-state index is 12.2. The standard InChI is InChI=1S/C18H21N5O2/c1-8-3-6-12(24)9(2)15(8)23-16(19)13(17(20)25)14-18(23)21-7-11(22-14)10-4-5-10/h3,6-7,9-10,12,24H,4-5,19H2,1-2H3,(H2,20,25)/t9-,12-/m1/s1/i1D3,2D3. The fourth-order valence-electron chi connectivity index (χ4n) is 3.12. The SMILES string of the molecule is [2H]C([2H])([2H])C1=C(n2c(N)c(C(N)=O)c3nc(C4CC4)cnc32)[C@H](C([2H])([2H])[2H])[C@H](O)C=C1. The number of nitrogens with two attached hydrogens (primary N) is 2. The first-order valence-corrected chi connectivity index (χ1v) is 7.90. The summed E-state index contributed by atoms with van der Waals surface area (Å²) in [5.41, 5.74) is 11.7. The topological polar surface area (TPSA) is 120 Å². The van der Waals surface area contributed by atoms with Crippen molar-refractivity contribution in [3.05, 3.63) is 35.2 Å². The third-order valence-corrected chi connectivity index (χ3v) is 4.57. The lowest BCUT2D eigenvalue weighted by molar-refractivity contribution is 0.100. The first-order chi connectivity index (χ1) is 14.3. The van der Waals surface area contributed by atoms with Crippen LogP contribution in [0.5, 0.6) is 0 Å². The van der Waals surface area contributed by atoms with Crippen molar-refractivity contribution >= 4 is 28.6 Å². The molecule has 0 spiro atoms. The van der Waals surface area contributed by atoms with Crippen molar-refractivity contribution in [2.75, 3.05) is 5.73 Å². The molecule has 4 rings (SSSR count). The molecule has 2 aliphatic rings. The molecule has 2 heterocycles. The third kappa shape index (κ3) is 2.34. The highest BCUT2D eigenvalue weighted by molar-refractivity contribution is 6.10. The summed E-state index contributed by atoms with van der Waals surface area (Å²) in [5, 5.41) is 10.5. The molecular formula is C18H21N5O2. The highest BCUT2D eigenvalue weighted by Crippen LogP contribution is 2.41. The van der Waals surface area contributed by atoms with Crippen LogP contribution in [0.2, 0.25) is 0 Å². The number of allylic oxidation sites excluding steroid dienone is 2. The normalized spacial score (nSPS) is 28.0. The molecule has 0 radical (unpaired) electrons. The zero-order valence-corrected chi connectivity index (χ0v) is 13.2. The predicted molar refractivity (Wildman–Crippen MR) is 95.6 cm³/mol. The second-order valence-corrected chi connectivity index (χ2v) is 6.33. The van der Waals surface area contributed by atoms with Crippen LogP contribution in [0.3, 0.4) is 0 Å². The first-order valence-electron chi connectivity index (χ1n) is 10.9. The number of amides is 1. The lowest BCUT2D eigenvalue weighted by Crippen LogP contribution is -2.24. The van der Waals surface area contributed by atoms with Crippen molar-refractivity contribution in [1.82, 2.24) is 14.5 Å². The number of carbonyl (C=O) groups excluding carboxylic acids is 1. The smallest absolute Gasteiger partial charge is 0.254 e. The van der Waals surface area contributed by atoms with Gasteiger partial charge in [-0.1, -0.05) is 19.0 Å². The van der Waals surface area contributed by atoms with E-state index in [-0.39, 0.29) is 39.7 Å². The van der Waals surface area contributed by atoms with E-state index in [2.05, 4.69) is 9.97 Å². The van der Waals surface area contributed by atoms with Gasteiger partial charge in [0.25, 0.3) is 5.91 Å². The lowest BCUT2D eigenvalue weighted by Gasteiger charge is -2.27. The van der Waals surface area contributed by atoms with Gasteiger partial charge >= 0.3 is 0 Å². The summed E-state index contributed by atoms with van der Waals surface area (Å²) >= 11 is 0. The van der Waals surface area contributed by atoms with E-state index in [1.807, 2.05) is 0 Å². The molecule has 2 aromatic heterocycles. The molecule has 0 saturated heterocycles. The van der Waals surface area contributed by atoms with E-state index in [1.165, 1.54) is 6.20 Å². The van der Waals surface area contributed by atoms with Crippen molar-refractivity contribution in [2.45, 2.75) is 38.6 Å². The molecule has 0 aromatic carbocycles. The van der Waals surface area contributed by atoms with Crippen LogP contribution in [0.15, 0.2) is 23.9 Å². The van der Waals surface area contributed by atoms with E-state index in [4.69, 9.17) is 19.7 Å². The summed E-state index contributed by atoms with van der Waals surface area (Å²) in [6, 6.07) is 0. The molecule has 0 aliphatic heterocycles. The molecule has 2 aromatic rings. The van der Waals surface area contributed by atoms with Crippen molar-refractivity contribution in [1.29, 1.82) is 0 Å². The van der Waals surface area contributed by atoms with Crippen LogP contribution in [0.1, 0.15) is 56.7 Å². The maximum absolute atomic E-state index is 12.2. The van der Waals surface area contributed by atoms with Crippen LogP contribution in [0, 0.1) is 5.92 Å². The summed E-state index contributed by atoms with van der Waals surface area (Å²) in [5.74, 6) is -2.61. The number of aliphatic hydroxyl groups is 1. The largest absolute Gasteiger partial charge is 0.388 e. The van der Waals surface area contributed by atoms with Gasteiger partial charge in [-0.15, -0.1) is 0 Å². The first kappa shape index (κ1) is 10.4. The summed E-state index contributed by atoms with van der Waals surface area (Å²) in [6.07, 6.45) is 4.10. The van der Waals surface area contributed by atoms with E-state index in [1.54, 1.807) is 0 Å². The number of carbonyl (C=O) groups is 1. The number of hydrogen-bond acceptors (Lipinski definition) is 5. The highest BCUT2D eigenvalue weighted by Gasteiger charge is 2.31. The van der Waals surface area contributed by atoms with Crippen molar-refractivity contribution in [2.24, 2.45) is 11.7 Å². The minimum atomic E-state index is -2.78. The fourth-order valence-corrected chi connectivity index (χ4v) is 3.12. The number of nitrogen functional groups attached to an aromatic ring is 1. The molecule has 1 saturated carbocycles. The van der Waals surface area contributed by atoms with Crippen LogP contribution < -0.4 is 11.5 Å². The molecule has 7 nitrogen and oxygen atoms in total. The Bertz CT molecular complexity index is 1140. The van der Waals surface area contributed by atoms with Gasteiger partial charge in [0.15, 0.2) is 5.65 Å². The Morgan fingerprint density at radius 2 is 2.28 bits per heavy atom. The number of rotatable bonds is 3. The van der Waals surface area contributed by atoms with Gasteiger partial charge in [-0.25, -0.2) is 9.97 Å². The van der Waals surface area contributed by atoms with Gasteiger partial charge in [-0.3, -0.25) is 9.36 Å². The molecule has 5 N–H and O–H groups in total. The van der Waals surface area contributed by atoms with Crippen molar-refractivity contribution in [3.63, 3.8) is 0 Å². The number of nitrogens with zero attached hydrogens (tertiary/aromatic N) is 3. The van der Waals surface area contributed by atoms with Crippen LogP contribution in [-0.4, -0.2) is 31.7 Å². The monoisotopic (exact) mass is 345 g/mol. The lowest BCUT2D eigenvalue weighted by atomic mass is 9.91. The molecule has 7 heteroatoms. The second-order valence-electron chi connectivity index (χ2n) is 6.33. The van der Waals surface area contributed by atoms with Gasteiger partial charge in [0.05, 0.1) is 18.0 Å². The zero-order chi connectivity index (χ0) is 22.9.